The van der Waals surface area contributed by atoms with Crippen LogP contribution in [0, 0.1) is 0 Å². The Kier molecular flexibility index (Phi) is 5.61. The lowest BCUT2D eigenvalue weighted by atomic mass is 9.99. The van der Waals surface area contributed by atoms with Gasteiger partial charge in [-0.05, 0) is 32.2 Å². The second-order valence-corrected chi connectivity index (χ2v) is 6.43. The minimum atomic E-state index is 0.313. The van der Waals surface area contributed by atoms with Crippen molar-refractivity contribution in [1.29, 1.82) is 0 Å². The van der Waals surface area contributed by atoms with Crippen molar-refractivity contribution in [2.75, 3.05) is 26.7 Å². The maximum Gasteiger partial charge on any atom is 0.240 e. The lowest BCUT2D eigenvalue weighted by Gasteiger charge is -2.35. The summed E-state index contributed by atoms with van der Waals surface area (Å²) in [5.41, 5.74) is 0. The predicted molar refractivity (Wildman–Crippen MR) is 83.5 cm³/mol. The molecule has 2 aliphatic heterocycles. The first-order valence-corrected chi connectivity index (χ1v) is 8.58. The first-order valence-electron chi connectivity index (χ1n) is 8.58. The standard InChI is InChI=1S/C16H26N4O3/c1-22-12-14-17-15(23-18-14)11-20-8-3-2-5-13(20)7-10-19-9-4-6-16(19)21/h13H,2-12H2,1H3/t13-/m1/s1. The van der Waals surface area contributed by atoms with E-state index in [1.807, 2.05) is 4.90 Å². The number of ether oxygens (including phenoxy) is 1. The van der Waals surface area contributed by atoms with Crippen LogP contribution in [0.3, 0.4) is 0 Å². The Morgan fingerprint density at radius 1 is 1.30 bits per heavy atom. The van der Waals surface area contributed by atoms with Gasteiger partial charge in [-0.15, -0.1) is 0 Å². The Morgan fingerprint density at radius 2 is 2.22 bits per heavy atom. The summed E-state index contributed by atoms with van der Waals surface area (Å²) in [7, 11) is 1.62. The number of carbonyl (C=O) groups is 1. The van der Waals surface area contributed by atoms with Crippen LogP contribution in [-0.2, 0) is 22.7 Å². The molecule has 128 valence electrons. The highest BCUT2D eigenvalue weighted by Crippen LogP contribution is 2.23. The summed E-state index contributed by atoms with van der Waals surface area (Å²) >= 11 is 0. The number of carbonyl (C=O) groups excluding carboxylic acids is 1. The smallest absolute Gasteiger partial charge is 0.240 e. The third-order valence-electron chi connectivity index (χ3n) is 4.77. The second-order valence-electron chi connectivity index (χ2n) is 6.43. The van der Waals surface area contributed by atoms with E-state index in [1.54, 1.807) is 7.11 Å². The van der Waals surface area contributed by atoms with Crippen LogP contribution < -0.4 is 0 Å². The lowest BCUT2D eigenvalue weighted by molar-refractivity contribution is -0.127. The van der Waals surface area contributed by atoms with Crippen LogP contribution in [0.4, 0.5) is 0 Å². The number of amides is 1. The van der Waals surface area contributed by atoms with Gasteiger partial charge in [0, 0.05) is 32.7 Å². The van der Waals surface area contributed by atoms with Gasteiger partial charge in [-0.25, -0.2) is 0 Å². The summed E-state index contributed by atoms with van der Waals surface area (Å²) in [4.78, 5) is 20.6. The number of nitrogens with zero attached hydrogens (tertiary/aromatic N) is 4. The average Bonchev–Trinajstić information content (AvgIpc) is 3.16. The van der Waals surface area contributed by atoms with Crippen LogP contribution in [0.15, 0.2) is 4.52 Å². The highest BCUT2D eigenvalue weighted by molar-refractivity contribution is 5.77. The van der Waals surface area contributed by atoms with Gasteiger partial charge in [0.25, 0.3) is 0 Å². The number of hydrogen-bond acceptors (Lipinski definition) is 6. The summed E-state index contributed by atoms with van der Waals surface area (Å²) in [6.07, 6.45) is 6.41. The Bertz CT molecular complexity index is 519. The second kappa shape index (κ2) is 7.88. The third-order valence-corrected chi connectivity index (χ3v) is 4.77. The molecule has 1 atom stereocenters. The minimum Gasteiger partial charge on any atom is -0.377 e. The maximum atomic E-state index is 11.8. The number of piperidine rings is 1. The Balaban J connectivity index is 1.53. The molecule has 0 spiro atoms. The van der Waals surface area contributed by atoms with Gasteiger partial charge in [0.2, 0.25) is 11.8 Å². The fraction of sp³-hybridized carbons (Fsp3) is 0.812. The molecule has 3 rings (SSSR count). The SMILES string of the molecule is COCc1noc(CN2CCCC[C@@H]2CCN2CCCC2=O)n1. The first kappa shape index (κ1) is 16.4. The summed E-state index contributed by atoms with van der Waals surface area (Å²) in [6.45, 7) is 3.92. The molecule has 1 aromatic heterocycles. The molecule has 0 bridgehead atoms. The van der Waals surface area contributed by atoms with E-state index in [0.29, 0.717) is 36.8 Å². The van der Waals surface area contributed by atoms with Gasteiger partial charge in [-0.2, -0.15) is 4.98 Å². The van der Waals surface area contributed by atoms with Crippen LogP contribution in [0.1, 0.15) is 50.2 Å². The van der Waals surface area contributed by atoms with Crippen molar-refractivity contribution in [2.24, 2.45) is 0 Å². The highest BCUT2D eigenvalue weighted by atomic mass is 16.5. The maximum absolute atomic E-state index is 11.8. The third kappa shape index (κ3) is 4.29. The lowest BCUT2D eigenvalue weighted by Crippen LogP contribution is -2.41. The van der Waals surface area contributed by atoms with E-state index in [0.717, 1.165) is 38.9 Å². The largest absolute Gasteiger partial charge is 0.377 e. The molecule has 2 fully saturated rings. The van der Waals surface area contributed by atoms with Crippen LogP contribution in [0.2, 0.25) is 0 Å². The van der Waals surface area contributed by atoms with Crippen molar-refractivity contribution in [2.45, 2.75) is 57.7 Å². The Hall–Kier alpha value is -1.47. The molecule has 0 radical (unpaired) electrons. The summed E-state index contributed by atoms with van der Waals surface area (Å²) in [5.74, 6) is 1.56. The van der Waals surface area contributed by atoms with Crippen molar-refractivity contribution in [3.05, 3.63) is 11.7 Å². The number of likely N-dealkylation sites (tertiary alicyclic amines) is 2. The molecule has 0 aliphatic carbocycles. The zero-order chi connectivity index (χ0) is 16.1. The van der Waals surface area contributed by atoms with Crippen molar-refractivity contribution in [3.8, 4) is 0 Å². The molecule has 0 aromatic carbocycles. The fourth-order valence-corrected chi connectivity index (χ4v) is 3.56. The molecule has 0 saturated carbocycles. The van der Waals surface area contributed by atoms with Crippen molar-refractivity contribution in [1.82, 2.24) is 19.9 Å². The molecule has 7 heteroatoms. The monoisotopic (exact) mass is 322 g/mol. The van der Waals surface area contributed by atoms with Gasteiger partial charge in [0.15, 0.2) is 5.82 Å². The number of aromatic nitrogens is 2. The zero-order valence-corrected chi connectivity index (χ0v) is 13.9. The van der Waals surface area contributed by atoms with Crippen molar-refractivity contribution >= 4 is 5.91 Å². The van der Waals surface area contributed by atoms with Crippen LogP contribution >= 0.6 is 0 Å². The van der Waals surface area contributed by atoms with Gasteiger partial charge in [-0.1, -0.05) is 11.6 Å². The van der Waals surface area contributed by atoms with Gasteiger partial charge in [-0.3, -0.25) is 9.69 Å². The molecule has 1 aromatic rings. The molecule has 1 amide bonds. The minimum absolute atomic E-state index is 0.313. The quantitative estimate of drug-likeness (QED) is 0.759. The molecular weight excluding hydrogens is 296 g/mol. The van der Waals surface area contributed by atoms with E-state index in [4.69, 9.17) is 9.26 Å². The van der Waals surface area contributed by atoms with Gasteiger partial charge in [0.05, 0.1) is 6.54 Å². The van der Waals surface area contributed by atoms with E-state index < -0.39 is 0 Å². The molecule has 2 aliphatic rings. The molecular formula is C16H26N4O3. The van der Waals surface area contributed by atoms with Crippen molar-refractivity contribution < 1.29 is 14.1 Å². The Labute approximate surface area is 137 Å². The first-order chi connectivity index (χ1) is 11.3. The van der Waals surface area contributed by atoms with Gasteiger partial charge in [0.1, 0.15) is 6.61 Å². The van der Waals surface area contributed by atoms with Crippen LogP contribution in [0.25, 0.3) is 0 Å². The summed E-state index contributed by atoms with van der Waals surface area (Å²) in [5, 5.41) is 3.92. The molecule has 0 N–H and O–H groups in total. The van der Waals surface area contributed by atoms with E-state index in [2.05, 4.69) is 15.0 Å². The van der Waals surface area contributed by atoms with Crippen LogP contribution in [0.5, 0.6) is 0 Å². The van der Waals surface area contributed by atoms with E-state index in [9.17, 15) is 4.79 Å². The number of hydrogen-bond donors (Lipinski definition) is 0. The van der Waals surface area contributed by atoms with Crippen molar-refractivity contribution in [3.63, 3.8) is 0 Å². The zero-order valence-electron chi connectivity index (χ0n) is 13.9. The summed E-state index contributed by atoms with van der Waals surface area (Å²) < 4.78 is 10.3. The average molecular weight is 322 g/mol. The number of rotatable bonds is 7. The Morgan fingerprint density at radius 3 is 3.00 bits per heavy atom. The molecule has 2 saturated heterocycles. The van der Waals surface area contributed by atoms with E-state index in [1.165, 1.54) is 19.3 Å². The summed E-state index contributed by atoms with van der Waals surface area (Å²) in [6, 6.07) is 0.495. The molecule has 23 heavy (non-hydrogen) atoms. The highest BCUT2D eigenvalue weighted by Gasteiger charge is 2.27. The molecule has 0 unspecified atom stereocenters. The molecule has 3 heterocycles. The fourth-order valence-electron chi connectivity index (χ4n) is 3.56. The predicted octanol–water partition coefficient (Wildman–Crippen LogP) is 1.58. The van der Waals surface area contributed by atoms with E-state index in [-0.39, 0.29) is 0 Å². The van der Waals surface area contributed by atoms with E-state index >= 15 is 0 Å². The molecule has 7 nitrogen and oxygen atoms in total. The van der Waals surface area contributed by atoms with Gasteiger partial charge >= 0.3 is 0 Å². The van der Waals surface area contributed by atoms with Gasteiger partial charge < -0.3 is 14.2 Å². The topological polar surface area (TPSA) is 71.7 Å². The van der Waals surface area contributed by atoms with Crippen LogP contribution in [-0.4, -0.2) is 58.6 Å². The number of methoxy groups -OCH3 is 1. The normalized spacial score (nSPS) is 22.9.